The summed E-state index contributed by atoms with van der Waals surface area (Å²) in [6.07, 6.45) is 2.56. The molecule has 1 fully saturated rings. The summed E-state index contributed by atoms with van der Waals surface area (Å²) in [5.74, 6) is 0.760. The summed E-state index contributed by atoms with van der Waals surface area (Å²) < 4.78 is 74.7. The second-order valence-corrected chi connectivity index (χ2v) is 18.4. The molecule has 1 aliphatic rings. The Labute approximate surface area is 412 Å². The second kappa shape index (κ2) is 27.2. The molecule has 0 bridgehead atoms. The zero-order valence-corrected chi connectivity index (χ0v) is 40.4. The normalized spacial score (nSPS) is 11.6. The Hall–Kier alpha value is -8.10. The Morgan fingerprint density at radius 3 is 1.39 bits per heavy atom. The van der Waals surface area contributed by atoms with Crippen molar-refractivity contribution in [3.05, 3.63) is 214 Å². The molecule has 1 amide bonds. The lowest BCUT2D eigenvalue weighted by atomic mass is 10.2. The van der Waals surface area contributed by atoms with Crippen LogP contribution in [-0.2, 0) is 37.9 Å². The number of sulfonamides is 2. The van der Waals surface area contributed by atoms with E-state index < -0.39 is 30.9 Å². The van der Waals surface area contributed by atoms with Gasteiger partial charge in [-0.3, -0.25) is 24.4 Å². The third-order valence-corrected chi connectivity index (χ3v) is 12.8. The Balaban J connectivity index is 0.000000204. The largest absolute Gasteiger partial charge is 0.497 e. The number of nitrogens with zero attached hydrogens (tertiary/aromatic N) is 1. The van der Waals surface area contributed by atoms with Gasteiger partial charge < -0.3 is 30.0 Å². The number of esters is 1. The molecule has 71 heavy (non-hydrogen) atoms. The van der Waals surface area contributed by atoms with Gasteiger partial charge in [0, 0.05) is 55.4 Å². The number of nitrogens with one attached hydrogen (secondary N) is 3. The van der Waals surface area contributed by atoms with Gasteiger partial charge in [0.2, 0.25) is 0 Å². The molecule has 0 saturated carbocycles. The first-order chi connectivity index (χ1) is 34.2. The smallest absolute Gasteiger partial charge is 0.343 e. The molecule has 0 unspecified atom stereocenters. The number of ether oxygens (including phenoxy) is 4. The molecule has 5 N–H and O–H groups in total. The molecule has 1 aliphatic heterocycles. The minimum Gasteiger partial charge on any atom is -0.497 e. The lowest BCUT2D eigenvalue weighted by molar-refractivity contribution is -0.384. The molecule has 8 rings (SSSR count). The highest BCUT2D eigenvalue weighted by atomic mass is 32.2. The number of nitrogens with two attached hydrogens (primary N) is 1. The second-order valence-electron chi connectivity index (χ2n) is 15.0. The van der Waals surface area contributed by atoms with E-state index in [1.54, 1.807) is 74.9 Å². The predicted molar refractivity (Wildman–Crippen MR) is 271 cm³/mol. The van der Waals surface area contributed by atoms with Gasteiger partial charge in [0.25, 0.3) is 31.6 Å². The molecule has 1 saturated heterocycles. The SMILES string of the molecule is C1CCOC1.COc1ccc(CN)cc1.COc1ccc(CNC(=O)c2ccc(S(=O)(=O)Nc3ccccc3)cc2)cc1.O=C(Oc1ccc([N+](=O)[O-])cc1)c1ccc(S(=O)(=O)Nc2ccccc2)cc1. The summed E-state index contributed by atoms with van der Waals surface area (Å²) in [6, 6.07) is 48.2. The number of para-hydroxylation sites is 2. The Bertz CT molecular complexity index is 2950. The van der Waals surface area contributed by atoms with Gasteiger partial charge in [-0.1, -0.05) is 60.7 Å². The highest BCUT2D eigenvalue weighted by molar-refractivity contribution is 7.93. The van der Waals surface area contributed by atoms with Crippen LogP contribution in [0.15, 0.2) is 192 Å². The first-order valence-corrected chi connectivity index (χ1v) is 24.8. The first kappa shape index (κ1) is 53.8. The number of hydrogen-bond donors (Lipinski definition) is 4. The van der Waals surface area contributed by atoms with Crippen molar-refractivity contribution in [1.29, 1.82) is 0 Å². The number of amides is 1. The Morgan fingerprint density at radius 1 is 0.577 bits per heavy atom. The van der Waals surface area contributed by atoms with Gasteiger partial charge in [0.15, 0.2) is 0 Å². The van der Waals surface area contributed by atoms with Crippen LogP contribution in [0.3, 0.4) is 0 Å². The van der Waals surface area contributed by atoms with Crippen LogP contribution in [0, 0.1) is 10.1 Å². The monoisotopic (exact) mass is 1000 g/mol. The van der Waals surface area contributed by atoms with Crippen molar-refractivity contribution in [3.63, 3.8) is 0 Å². The number of benzene rings is 7. The number of hydrogen-bond acceptors (Lipinski definition) is 13. The zero-order chi connectivity index (χ0) is 51.1. The lowest BCUT2D eigenvalue weighted by Gasteiger charge is -2.09. The molecule has 370 valence electrons. The van der Waals surface area contributed by atoms with Crippen molar-refractivity contribution in [1.82, 2.24) is 5.32 Å². The Kier molecular flexibility index (Phi) is 20.6. The molecule has 0 atom stereocenters. The van der Waals surface area contributed by atoms with E-state index in [0.29, 0.717) is 30.0 Å². The van der Waals surface area contributed by atoms with Crippen LogP contribution < -0.4 is 34.7 Å². The summed E-state index contributed by atoms with van der Waals surface area (Å²) in [6.45, 7) is 2.95. The molecule has 0 radical (unpaired) electrons. The summed E-state index contributed by atoms with van der Waals surface area (Å²) in [7, 11) is -4.26. The molecule has 17 nitrogen and oxygen atoms in total. The van der Waals surface area contributed by atoms with Gasteiger partial charge in [-0.15, -0.1) is 0 Å². The summed E-state index contributed by atoms with van der Waals surface area (Å²) in [5, 5.41) is 13.4. The first-order valence-electron chi connectivity index (χ1n) is 21.8. The van der Waals surface area contributed by atoms with E-state index in [9.17, 15) is 36.5 Å². The van der Waals surface area contributed by atoms with E-state index >= 15 is 0 Å². The highest BCUT2D eigenvalue weighted by Crippen LogP contribution is 2.21. The van der Waals surface area contributed by atoms with Crippen molar-refractivity contribution in [3.8, 4) is 17.2 Å². The summed E-state index contributed by atoms with van der Waals surface area (Å²) >= 11 is 0. The van der Waals surface area contributed by atoms with E-state index in [1.807, 2.05) is 48.5 Å². The molecule has 7 aromatic rings. The van der Waals surface area contributed by atoms with Gasteiger partial charge in [0.05, 0.1) is 34.5 Å². The van der Waals surface area contributed by atoms with E-state index in [-0.39, 0.29) is 32.7 Å². The standard InChI is InChI=1S/C21H20N2O4S.C19H14N2O6S.C8H11NO.C4H8O/c1-27-19-11-7-16(8-12-19)15-22-21(24)17-9-13-20(14-10-17)28(25,26)23-18-5-3-2-4-6-18;22-19(27-17-10-8-16(9-11-17)21(23)24)14-6-12-18(13-7-14)28(25,26)20-15-4-2-1-3-5-15;1-10-8-4-2-7(6-9)3-5-8;1-2-4-5-3-1/h2-14,23H,15H2,1H3,(H,22,24);1-13,20H;2-5H,6,9H2,1H3;1-4H2. The summed E-state index contributed by atoms with van der Waals surface area (Å²) in [5.41, 5.74) is 8.75. The van der Waals surface area contributed by atoms with Gasteiger partial charge in [-0.05, 0) is 133 Å². The molecule has 7 aromatic carbocycles. The fourth-order valence-electron chi connectivity index (χ4n) is 6.10. The van der Waals surface area contributed by atoms with Crippen LogP contribution in [0.5, 0.6) is 17.2 Å². The van der Waals surface area contributed by atoms with E-state index in [1.165, 1.54) is 85.6 Å². The van der Waals surface area contributed by atoms with Crippen molar-refractivity contribution >= 4 is 49.0 Å². The van der Waals surface area contributed by atoms with Crippen molar-refractivity contribution in [2.45, 2.75) is 35.7 Å². The fraction of sp³-hybridized carbons (Fsp3) is 0.154. The fourth-order valence-corrected chi connectivity index (χ4v) is 8.22. The number of rotatable bonds is 15. The van der Waals surface area contributed by atoms with Crippen molar-refractivity contribution in [2.75, 3.05) is 36.9 Å². The van der Waals surface area contributed by atoms with Crippen LogP contribution in [0.2, 0.25) is 0 Å². The minimum atomic E-state index is -3.79. The molecule has 19 heteroatoms. The predicted octanol–water partition coefficient (Wildman–Crippen LogP) is 8.99. The zero-order valence-electron chi connectivity index (χ0n) is 38.8. The number of anilines is 2. The van der Waals surface area contributed by atoms with Gasteiger partial charge in [0.1, 0.15) is 17.2 Å². The molecule has 0 spiro atoms. The van der Waals surface area contributed by atoms with Crippen LogP contribution in [0.1, 0.15) is 44.7 Å². The average molecular weight is 1000 g/mol. The molecular weight excluding hydrogens is 951 g/mol. The van der Waals surface area contributed by atoms with E-state index in [0.717, 1.165) is 35.8 Å². The third-order valence-electron chi connectivity index (χ3n) is 9.97. The van der Waals surface area contributed by atoms with Gasteiger partial charge in [-0.25, -0.2) is 21.6 Å². The van der Waals surface area contributed by atoms with Crippen LogP contribution in [-0.4, -0.2) is 61.1 Å². The number of non-ortho nitro benzene ring substituents is 1. The maximum atomic E-state index is 12.4. The molecule has 0 aromatic heterocycles. The van der Waals surface area contributed by atoms with Crippen LogP contribution in [0.25, 0.3) is 0 Å². The summed E-state index contributed by atoms with van der Waals surface area (Å²) in [4.78, 5) is 34.6. The van der Waals surface area contributed by atoms with E-state index in [2.05, 4.69) is 14.8 Å². The number of nitro groups is 1. The van der Waals surface area contributed by atoms with E-state index in [4.69, 9.17) is 24.7 Å². The van der Waals surface area contributed by atoms with Gasteiger partial charge in [-0.2, -0.15) is 0 Å². The minimum absolute atomic E-state index is 0.0109. The Morgan fingerprint density at radius 2 is 1.00 bits per heavy atom. The van der Waals surface area contributed by atoms with Crippen LogP contribution >= 0.6 is 0 Å². The van der Waals surface area contributed by atoms with Crippen LogP contribution in [0.4, 0.5) is 17.1 Å². The quantitative estimate of drug-likeness (QED) is 0.0325. The maximum Gasteiger partial charge on any atom is 0.343 e. The van der Waals surface area contributed by atoms with Gasteiger partial charge >= 0.3 is 5.97 Å². The molecular formula is C52H53N5O12S2. The third kappa shape index (κ3) is 17.7. The maximum absolute atomic E-state index is 12.4. The number of carbonyl (C=O) groups excluding carboxylic acids is 2. The number of carbonyl (C=O) groups is 2. The average Bonchev–Trinajstić information content (AvgIpc) is 4.00. The molecule has 0 aliphatic carbocycles. The number of methoxy groups -OCH3 is 2. The van der Waals surface area contributed by atoms with Crippen molar-refractivity contribution < 1.29 is 50.3 Å². The van der Waals surface area contributed by atoms with Crippen molar-refractivity contribution in [2.24, 2.45) is 5.73 Å². The lowest BCUT2D eigenvalue weighted by Crippen LogP contribution is -2.23. The molecule has 1 heterocycles. The highest BCUT2D eigenvalue weighted by Gasteiger charge is 2.18. The number of nitro benzene ring substituents is 1. The topological polar surface area (TPSA) is 245 Å².